The summed E-state index contributed by atoms with van der Waals surface area (Å²) in [6, 6.07) is 4.43. The van der Waals surface area contributed by atoms with Gasteiger partial charge in [0.25, 0.3) is 0 Å². The Kier molecular flexibility index (Phi) is 4.18. The number of anilines is 1. The van der Waals surface area contributed by atoms with Gasteiger partial charge < -0.3 is 10.6 Å². The molecular weight excluding hydrogens is 231 g/mol. The molecule has 0 radical (unpaired) electrons. The molecule has 18 heavy (non-hydrogen) atoms. The predicted molar refractivity (Wildman–Crippen MR) is 70.2 cm³/mol. The first kappa shape index (κ1) is 12.9. The molecule has 1 saturated carbocycles. The monoisotopic (exact) mass is 250 g/mol. The summed E-state index contributed by atoms with van der Waals surface area (Å²) in [6.45, 7) is 1.78. The van der Waals surface area contributed by atoms with Crippen molar-refractivity contribution in [3.8, 4) is 0 Å². The lowest BCUT2D eigenvalue weighted by Gasteiger charge is -2.23. The molecule has 0 aliphatic heterocycles. The highest BCUT2D eigenvalue weighted by Gasteiger charge is 2.15. The Labute approximate surface area is 107 Å². The molecule has 1 aliphatic carbocycles. The van der Waals surface area contributed by atoms with Crippen LogP contribution in [0.1, 0.15) is 37.7 Å². The largest absolute Gasteiger partial charge is 0.335 e. The second-order valence-electron chi connectivity index (χ2n) is 4.89. The maximum Gasteiger partial charge on any atom is 0.319 e. The summed E-state index contributed by atoms with van der Waals surface area (Å²) in [5.41, 5.74) is 1.39. The molecule has 1 aromatic carbocycles. The van der Waals surface area contributed by atoms with Gasteiger partial charge in [-0.05, 0) is 43.5 Å². The zero-order valence-corrected chi connectivity index (χ0v) is 10.6. The van der Waals surface area contributed by atoms with Gasteiger partial charge in [-0.1, -0.05) is 19.3 Å². The minimum atomic E-state index is -0.286. The van der Waals surface area contributed by atoms with Crippen molar-refractivity contribution in [2.75, 3.05) is 5.32 Å². The number of halogens is 1. The average Bonchev–Trinajstić information content (AvgIpc) is 2.34. The molecule has 0 spiro atoms. The fourth-order valence-electron chi connectivity index (χ4n) is 2.36. The Hall–Kier alpha value is -1.58. The minimum Gasteiger partial charge on any atom is -0.335 e. The van der Waals surface area contributed by atoms with Gasteiger partial charge in [0.05, 0.1) is 0 Å². The minimum absolute atomic E-state index is 0.198. The van der Waals surface area contributed by atoms with Crippen molar-refractivity contribution in [3.05, 3.63) is 29.6 Å². The lowest BCUT2D eigenvalue weighted by molar-refractivity contribution is 0.244. The van der Waals surface area contributed by atoms with Crippen molar-refractivity contribution < 1.29 is 9.18 Å². The van der Waals surface area contributed by atoms with E-state index in [0.717, 1.165) is 18.4 Å². The standard InChI is InChI=1S/C14H19FN2O/c1-10-9-11(15)7-8-13(10)17-14(18)16-12-5-3-2-4-6-12/h7-9,12H,2-6H2,1H3,(H2,16,17,18). The van der Waals surface area contributed by atoms with Crippen LogP contribution in [0.25, 0.3) is 0 Å². The van der Waals surface area contributed by atoms with Crippen molar-refractivity contribution in [3.63, 3.8) is 0 Å². The van der Waals surface area contributed by atoms with Crippen LogP contribution in [0, 0.1) is 12.7 Å². The fourth-order valence-corrected chi connectivity index (χ4v) is 2.36. The third-order valence-corrected chi connectivity index (χ3v) is 3.38. The molecule has 0 bridgehead atoms. The van der Waals surface area contributed by atoms with Crippen molar-refractivity contribution >= 4 is 11.7 Å². The summed E-state index contributed by atoms with van der Waals surface area (Å²) in [6.07, 6.45) is 5.73. The first-order valence-electron chi connectivity index (χ1n) is 6.49. The van der Waals surface area contributed by atoms with E-state index in [1.807, 2.05) is 0 Å². The van der Waals surface area contributed by atoms with E-state index in [2.05, 4.69) is 10.6 Å². The summed E-state index contributed by atoms with van der Waals surface area (Å²) in [5.74, 6) is -0.286. The van der Waals surface area contributed by atoms with Crippen LogP contribution in [0.15, 0.2) is 18.2 Å². The number of amides is 2. The van der Waals surface area contributed by atoms with Crippen molar-refractivity contribution in [1.82, 2.24) is 5.32 Å². The Morgan fingerprint density at radius 3 is 2.67 bits per heavy atom. The number of hydrogen-bond acceptors (Lipinski definition) is 1. The lowest BCUT2D eigenvalue weighted by atomic mass is 9.96. The number of hydrogen-bond donors (Lipinski definition) is 2. The molecule has 98 valence electrons. The summed E-state index contributed by atoms with van der Waals surface area (Å²) in [7, 11) is 0. The number of urea groups is 1. The number of benzene rings is 1. The van der Waals surface area contributed by atoms with E-state index in [4.69, 9.17) is 0 Å². The summed E-state index contributed by atoms with van der Waals surface area (Å²) < 4.78 is 12.9. The van der Waals surface area contributed by atoms with E-state index in [0.29, 0.717) is 5.69 Å². The van der Waals surface area contributed by atoms with Gasteiger partial charge in [0.15, 0.2) is 0 Å². The summed E-state index contributed by atoms with van der Waals surface area (Å²) in [5, 5.41) is 5.73. The van der Waals surface area contributed by atoms with Crippen LogP contribution in [-0.4, -0.2) is 12.1 Å². The summed E-state index contributed by atoms with van der Waals surface area (Å²) in [4.78, 5) is 11.8. The van der Waals surface area contributed by atoms with Crippen LogP contribution >= 0.6 is 0 Å². The smallest absolute Gasteiger partial charge is 0.319 e. The molecule has 2 amide bonds. The van der Waals surface area contributed by atoms with Crippen LogP contribution in [-0.2, 0) is 0 Å². The van der Waals surface area contributed by atoms with Crippen LogP contribution in [0.4, 0.5) is 14.9 Å². The number of carbonyl (C=O) groups is 1. The van der Waals surface area contributed by atoms with E-state index < -0.39 is 0 Å². The highest BCUT2D eigenvalue weighted by molar-refractivity contribution is 5.90. The van der Waals surface area contributed by atoms with Crippen molar-refractivity contribution in [1.29, 1.82) is 0 Å². The molecular formula is C14H19FN2O. The first-order valence-corrected chi connectivity index (χ1v) is 6.49. The second kappa shape index (κ2) is 5.85. The van der Waals surface area contributed by atoms with Crippen molar-refractivity contribution in [2.24, 2.45) is 0 Å². The molecule has 1 aromatic rings. The van der Waals surface area contributed by atoms with E-state index in [-0.39, 0.29) is 17.9 Å². The first-order chi connectivity index (χ1) is 8.65. The highest BCUT2D eigenvalue weighted by atomic mass is 19.1. The molecule has 1 aliphatic rings. The van der Waals surface area contributed by atoms with Gasteiger partial charge in [-0.15, -0.1) is 0 Å². The zero-order chi connectivity index (χ0) is 13.0. The van der Waals surface area contributed by atoms with E-state index in [1.54, 1.807) is 13.0 Å². The fraction of sp³-hybridized carbons (Fsp3) is 0.500. The van der Waals surface area contributed by atoms with Crippen LogP contribution in [0.2, 0.25) is 0 Å². The zero-order valence-electron chi connectivity index (χ0n) is 10.6. The average molecular weight is 250 g/mol. The second-order valence-corrected chi connectivity index (χ2v) is 4.89. The third-order valence-electron chi connectivity index (χ3n) is 3.38. The van der Waals surface area contributed by atoms with E-state index >= 15 is 0 Å². The molecule has 1 fully saturated rings. The molecule has 0 saturated heterocycles. The number of aryl methyl sites for hydroxylation is 1. The predicted octanol–water partition coefficient (Wildman–Crippen LogP) is 3.59. The van der Waals surface area contributed by atoms with Crippen molar-refractivity contribution in [2.45, 2.75) is 45.1 Å². The van der Waals surface area contributed by atoms with Gasteiger partial charge in [0, 0.05) is 11.7 Å². The van der Waals surface area contributed by atoms with Gasteiger partial charge in [0.1, 0.15) is 5.82 Å². The van der Waals surface area contributed by atoms with E-state index in [1.165, 1.54) is 31.4 Å². The quantitative estimate of drug-likeness (QED) is 0.827. The highest BCUT2D eigenvalue weighted by Crippen LogP contribution is 2.18. The number of nitrogens with one attached hydrogen (secondary N) is 2. The molecule has 4 heteroatoms. The molecule has 3 nitrogen and oxygen atoms in total. The number of rotatable bonds is 2. The Morgan fingerprint density at radius 2 is 2.00 bits per heavy atom. The topological polar surface area (TPSA) is 41.1 Å². The molecule has 2 N–H and O–H groups in total. The van der Waals surface area contributed by atoms with Gasteiger partial charge >= 0.3 is 6.03 Å². The van der Waals surface area contributed by atoms with Gasteiger partial charge in [-0.2, -0.15) is 0 Å². The Bertz CT molecular complexity index is 428. The van der Waals surface area contributed by atoms with Crippen LogP contribution < -0.4 is 10.6 Å². The normalized spacial score (nSPS) is 16.3. The van der Waals surface area contributed by atoms with Gasteiger partial charge in [-0.3, -0.25) is 0 Å². The summed E-state index contributed by atoms with van der Waals surface area (Å²) >= 11 is 0. The van der Waals surface area contributed by atoms with Gasteiger partial charge in [0.2, 0.25) is 0 Å². The molecule has 2 rings (SSSR count). The SMILES string of the molecule is Cc1cc(F)ccc1NC(=O)NC1CCCCC1. The van der Waals surface area contributed by atoms with E-state index in [9.17, 15) is 9.18 Å². The van der Waals surface area contributed by atoms with Crippen LogP contribution in [0.5, 0.6) is 0 Å². The van der Waals surface area contributed by atoms with Crippen LogP contribution in [0.3, 0.4) is 0 Å². The molecule has 0 unspecified atom stereocenters. The lowest BCUT2D eigenvalue weighted by Crippen LogP contribution is -2.39. The number of carbonyl (C=O) groups excluding carboxylic acids is 1. The van der Waals surface area contributed by atoms with Gasteiger partial charge in [-0.25, -0.2) is 9.18 Å². The Balaban J connectivity index is 1.90. The maximum atomic E-state index is 12.9. The molecule has 0 heterocycles. The maximum absolute atomic E-state index is 12.9. The Morgan fingerprint density at radius 1 is 1.28 bits per heavy atom. The molecule has 0 atom stereocenters. The molecule has 0 aromatic heterocycles. The third kappa shape index (κ3) is 3.45.